The summed E-state index contributed by atoms with van der Waals surface area (Å²) in [6.07, 6.45) is 7.92. The Balaban J connectivity index is 1.43. The third-order valence-corrected chi connectivity index (χ3v) is 6.47. The van der Waals surface area contributed by atoms with Gasteiger partial charge in [0.25, 0.3) is 5.91 Å². The molecular formula is C22H32N6O2. The average molecular weight is 413 g/mol. The first-order valence-electron chi connectivity index (χ1n) is 11.1. The average Bonchev–Trinajstić information content (AvgIpc) is 3.30. The monoisotopic (exact) mass is 412 g/mol. The molecule has 2 atom stereocenters. The van der Waals surface area contributed by atoms with Crippen molar-refractivity contribution in [1.82, 2.24) is 30.0 Å². The van der Waals surface area contributed by atoms with Crippen molar-refractivity contribution < 1.29 is 9.53 Å². The second kappa shape index (κ2) is 10.1. The lowest BCUT2D eigenvalue weighted by molar-refractivity contribution is 0.0315. The molecule has 1 aromatic heterocycles. The van der Waals surface area contributed by atoms with Crippen molar-refractivity contribution in [3.05, 3.63) is 41.7 Å². The number of amides is 1. The maximum absolute atomic E-state index is 13.3. The van der Waals surface area contributed by atoms with Gasteiger partial charge in [-0.2, -0.15) is 0 Å². The fourth-order valence-corrected chi connectivity index (χ4v) is 4.93. The van der Waals surface area contributed by atoms with Crippen LogP contribution in [0.3, 0.4) is 0 Å². The third-order valence-electron chi connectivity index (χ3n) is 6.47. The van der Waals surface area contributed by atoms with E-state index in [0.717, 1.165) is 17.7 Å². The van der Waals surface area contributed by atoms with Gasteiger partial charge in [-0.1, -0.05) is 18.6 Å². The lowest BCUT2D eigenvalue weighted by Crippen LogP contribution is -2.52. The zero-order chi connectivity index (χ0) is 20.8. The summed E-state index contributed by atoms with van der Waals surface area (Å²) in [6, 6.07) is 8.41. The molecule has 4 rings (SSSR count). The SMILES string of the molecule is COCCN(C[C@@H]1CCCN2CCCC[C@H]12)C(=O)c1ccc(Cn2cnnn2)cc1. The predicted molar refractivity (Wildman–Crippen MR) is 113 cm³/mol. The number of nitrogens with zero attached hydrogens (tertiary/aromatic N) is 6. The molecule has 8 heteroatoms. The number of hydrogen-bond donors (Lipinski definition) is 0. The van der Waals surface area contributed by atoms with Gasteiger partial charge < -0.3 is 14.5 Å². The zero-order valence-electron chi connectivity index (χ0n) is 17.8. The summed E-state index contributed by atoms with van der Waals surface area (Å²) in [5.74, 6) is 0.646. The van der Waals surface area contributed by atoms with E-state index >= 15 is 0 Å². The Morgan fingerprint density at radius 1 is 1.17 bits per heavy atom. The minimum atomic E-state index is 0.0916. The highest BCUT2D eigenvalue weighted by atomic mass is 16.5. The number of fused-ring (bicyclic) bond motifs is 1. The summed E-state index contributed by atoms with van der Waals surface area (Å²) >= 11 is 0. The summed E-state index contributed by atoms with van der Waals surface area (Å²) in [5, 5.41) is 11.2. The highest BCUT2D eigenvalue weighted by Gasteiger charge is 2.34. The van der Waals surface area contributed by atoms with Gasteiger partial charge in [0.2, 0.25) is 0 Å². The number of hydrogen-bond acceptors (Lipinski definition) is 6. The Hall–Kier alpha value is -2.32. The Morgan fingerprint density at radius 3 is 2.77 bits per heavy atom. The number of methoxy groups -OCH3 is 1. The van der Waals surface area contributed by atoms with Crippen LogP contribution in [0.2, 0.25) is 0 Å². The lowest BCUT2D eigenvalue weighted by atomic mass is 9.83. The Labute approximate surface area is 178 Å². The molecular weight excluding hydrogens is 380 g/mol. The maximum Gasteiger partial charge on any atom is 0.253 e. The molecule has 0 saturated carbocycles. The molecule has 2 aliphatic rings. The summed E-state index contributed by atoms with van der Waals surface area (Å²) in [4.78, 5) is 18.0. The van der Waals surface area contributed by atoms with Crippen molar-refractivity contribution in [2.75, 3.05) is 39.9 Å². The van der Waals surface area contributed by atoms with Gasteiger partial charge in [0, 0.05) is 31.8 Å². The van der Waals surface area contributed by atoms with Crippen molar-refractivity contribution in [3.63, 3.8) is 0 Å². The molecule has 0 aliphatic carbocycles. The molecule has 2 aromatic rings. The van der Waals surface area contributed by atoms with Crippen LogP contribution in [-0.2, 0) is 11.3 Å². The van der Waals surface area contributed by atoms with E-state index in [9.17, 15) is 4.79 Å². The molecule has 162 valence electrons. The van der Waals surface area contributed by atoms with E-state index in [-0.39, 0.29) is 5.91 Å². The van der Waals surface area contributed by atoms with Gasteiger partial charge in [0.05, 0.1) is 13.2 Å². The maximum atomic E-state index is 13.3. The molecule has 1 aromatic carbocycles. The molecule has 2 aliphatic heterocycles. The summed E-state index contributed by atoms with van der Waals surface area (Å²) in [6.45, 7) is 5.03. The van der Waals surface area contributed by atoms with Crippen molar-refractivity contribution in [2.45, 2.75) is 44.7 Å². The minimum absolute atomic E-state index is 0.0916. The first kappa shape index (κ1) is 20.9. The zero-order valence-corrected chi connectivity index (χ0v) is 17.8. The standard InChI is InChI=1S/C22H32N6O2/c1-30-14-13-27(16-20-5-4-12-26-11-3-2-6-21(20)26)22(29)19-9-7-18(8-10-19)15-28-17-23-24-25-28/h7-10,17,20-21H,2-6,11-16H2,1H3/t20-,21+/m0/s1. The Kier molecular flexibility index (Phi) is 7.07. The van der Waals surface area contributed by atoms with Crippen LogP contribution in [0.1, 0.15) is 48.0 Å². The van der Waals surface area contributed by atoms with Crippen LogP contribution in [0, 0.1) is 5.92 Å². The van der Waals surface area contributed by atoms with Crippen LogP contribution in [-0.4, -0.2) is 81.9 Å². The fourth-order valence-electron chi connectivity index (χ4n) is 4.93. The number of benzene rings is 1. The van der Waals surface area contributed by atoms with Gasteiger partial charge in [-0.05, 0) is 72.8 Å². The van der Waals surface area contributed by atoms with E-state index < -0.39 is 0 Å². The van der Waals surface area contributed by atoms with Crippen LogP contribution in [0.4, 0.5) is 0 Å². The number of tetrazole rings is 1. The minimum Gasteiger partial charge on any atom is -0.383 e. The molecule has 3 heterocycles. The van der Waals surface area contributed by atoms with E-state index in [1.54, 1.807) is 18.1 Å². The van der Waals surface area contributed by atoms with Crippen LogP contribution >= 0.6 is 0 Å². The molecule has 30 heavy (non-hydrogen) atoms. The van der Waals surface area contributed by atoms with Crippen molar-refractivity contribution in [2.24, 2.45) is 5.92 Å². The topological polar surface area (TPSA) is 76.4 Å². The van der Waals surface area contributed by atoms with Gasteiger partial charge >= 0.3 is 0 Å². The van der Waals surface area contributed by atoms with Crippen molar-refractivity contribution in [1.29, 1.82) is 0 Å². The number of aromatic nitrogens is 4. The molecule has 0 bridgehead atoms. The molecule has 0 unspecified atom stereocenters. The van der Waals surface area contributed by atoms with Crippen molar-refractivity contribution in [3.8, 4) is 0 Å². The van der Waals surface area contributed by atoms with Crippen LogP contribution in [0.25, 0.3) is 0 Å². The number of carbonyl (C=O) groups excluding carboxylic acids is 1. The van der Waals surface area contributed by atoms with Gasteiger partial charge in [-0.3, -0.25) is 4.79 Å². The molecule has 8 nitrogen and oxygen atoms in total. The van der Waals surface area contributed by atoms with Gasteiger partial charge in [-0.25, -0.2) is 4.68 Å². The fraction of sp³-hybridized carbons (Fsp3) is 0.636. The van der Waals surface area contributed by atoms with Gasteiger partial charge in [0.1, 0.15) is 6.33 Å². The molecule has 0 N–H and O–H groups in total. The number of ether oxygens (including phenoxy) is 1. The van der Waals surface area contributed by atoms with Crippen LogP contribution in [0.15, 0.2) is 30.6 Å². The third kappa shape index (κ3) is 5.05. The quantitative estimate of drug-likeness (QED) is 0.661. The molecule has 2 saturated heterocycles. The van der Waals surface area contributed by atoms with E-state index in [2.05, 4.69) is 20.4 Å². The first-order chi connectivity index (χ1) is 14.7. The summed E-state index contributed by atoms with van der Waals surface area (Å²) < 4.78 is 6.97. The smallest absolute Gasteiger partial charge is 0.253 e. The second-order valence-corrected chi connectivity index (χ2v) is 8.45. The number of carbonyl (C=O) groups is 1. The number of rotatable bonds is 8. The summed E-state index contributed by atoms with van der Waals surface area (Å²) in [5.41, 5.74) is 1.79. The first-order valence-corrected chi connectivity index (χ1v) is 11.1. The lowest BCUT2D eigenvalue weighted by Gasteiger charge is -2.45. The van der Waals surface area contributed by atoms with E-state index in [1.807, 2.05) is 29.2 Å². The molecule has 2 fully saturated rings. The Bertz CT molecular complexity index is 792. The van der Waals surface area contributed by atoms with Crippen LogP contribution in [0.5, 0.6) is 0 Å². The highest BCUT2D eigenvalue weighted by Crippen LogP contribution is 2.31. The number of piperidine rings is 2. The van der Waals surface area contributed by atoms with E-state index in [4.69, 9.17) is 4.74 Å². The summed E-state index contributed by atoms with van der Waals surface area (Å²) in [7, 11) is 1.69. The van der Waals surface area contributed by atoms with E-state index in [0.29, 0.717) is 31.7 Å². The highest BCUT2D eigenvalue weighted by molar-refractivity contribution is 5.94. The second-order valence-electron chi connectivity index (χ2n) is 8.45. The van der Waals surface area contributed by atoms with E-state index in [1.165, 1.54) is 45.2 Å². The Morgan fingerprint density at radius 2 is 2.00 bits per heavy atom. The van der Waals surface area contributed by atoms with Crippen LogP contribution < -0.4 is 0 Å². The van der Waals surface area contributed by atoms with Crippen molar-refractivity contribution >= 4 is 5.91 Å². The van der Waals surface area contributed by atoms with Gasteiger partial charge in [0.15, 0.2) is 0 Å². The molecule has 0 radical (unpaired) electrons. The molecule has 1 amide bonds. The largest absolute Gasteiger partial charge is 0.383 e. The normalized spacial score (nSPS) is 21.9. The molecule has 0 spiro atoms. The predicted octanol–water partition coefficient (Wildman–Crippen LogP) is 2.07. The van der Waals surface area contributed by atoms with Gasteiger partial charge in [-0.15, -0.1) is 5.10 Å².